The summed E-state index contributed by atoms with van der Waals surface area (Å²) in [6.07, 6.45) is 19.3. The van der Waals surface area contributed by atoms with Gasteiger partial charge in [-0.15, -0.1) is 0 Å². The first kappa shape index (κ1) is 14.8. The third-order valence-corrected chi connectivity index (χ3v) is 8.20. The lowest BCUT2D eigenvalue weighted by molar-refractivity contribution is -0.000639. The van der Waals surface area contributed by atoms with Crippen LogP contribution in [0.4, 0.5) is 0 Å². The molecule has 2 fully saturated rings. The first-order valence-electron chi connectivity index (χ1n) is 9.57. The summed E-state index contributed by atoms with van der Waals surface area (Å²) in [5, 5.41) is 0. The fourth-order valence-corrected chi connectivity index (χ4v) is 7.13. The van der Waals surface area contributed by atoms with Crippen molar-refractivity contribution in [1.82, 2.24) is 0 Å². The van der Waals surface area contributed by atoms with Crippen LogP contribution in [0, 0.1) is 40.4 Å². The fraction of sp³-hybridized carbons (Fsp3) is 0.727. The van der Waals surface area contributed by atoms with Crippen molar-refractivity contribution in [3.63, 3.8) is 0 Å². The Labute approximate surface area is 136 Å². The minimum absolute atomic E-state index is 0.312. The standard InChI is InChI=1S/C22H32/c1-5-18-15(2)14-20-17-10-9-16-8-6-7-12-21(16,3)19(17)11-13-22(18,20)4/h7-10,12,15,17-20H,5-6,11,13-14H2,1-4H3/t15-,17+,18+,19-,20-,21-,22+/m0/s1. The van der Waals surface area contributed by atoms with Gasteiger partial charge in [0, 0.05) is 5.41 Å². The number of rotatable bonds is 1. The van der Waals surface area contributed by atoms with Crippen LogP contribution in [-0.4, -0.2) is 0 Å². The predicted molar refractivity (Wildman–Crippen MR) is 94.5 cm³/mol. The van der Waals surface area contributed by atoms with Gasteiger partial charge in [0.05, 0.1) is 0 Å². The summed E-state index contributed by atoms with van der Waals surface area (Å²) in [7, 11) is 0. The average molecular weight is 296 g/mol. The van der Waals surface area contributed by atoms with Crippen LogP contribution in [0.1, 0.15) is 59.8 Å². The molecule has 0 unspecified atom stereocenters. The van der Waals surface area contributed by atoms with Crippen LogP contribution in [0.15, 0.2) is 36.0 Å². The SMILES string of the molecule is CC[C@@H]1[C@@H](C)C[C@H]2[C@@H]3C=CC4=CCC=C[C@]4(C)[C@H]3CC[C@]12C. The van der Waals surface area contributed by atoms with Gasteiger partial charge in [-0.05, 0) is 66.3 Å². The van der Waals surface area contributed by atoms with Gasteiger partial charge in [0.1, 0.15) is 0 Å². The highest BCUT2D eigenvalue weighted by molar-refractivity contribution is 5.40. The van der Waals surface area contributed by atoms with E-state index in [-0.39, 0.29) is 0 Å². The second-order valence-electron chi connectivity index (χ2n) is 9.00. The van der Waals surface area contributed by atoms with Crippen LogP contribution in [-0.2, 0) is 0 Å². The molecule has 4 rings (SSSR count). The molecule has 4 aliphatic carbocycles. The van der Waals surface area contributed by atoms with Crippen LogP contribution in [0.2, 0.25) is 0 Å². The molecule has 0 bridgehead atoms. The van der Waals surface area contributed by atoms with E-state index < -0.39 is 0 Å². The Hall–Kier alpha value is -0.780. The van der Waals surface area contributed by atoms with Crippen molar-refractivity contribution in [3.8, 4) is 0 Å². The van der Waals surface area contributed by atoms with Gasteiger partial charge in [-0.1, -0.05) is 64.5 Å². The monoisotopic (exact) mass is 296 g/mol. The summed E-state index contributed by atoms with van der Waals surface area (Å²) < 4.78 is 0. The van der Waals surface area contributed by atoms with E-state index in [1.807, 2.05) is 0 Å². The van der Waals surface area contributed by atoms with Crippen molar-refractivity contribution in [1.29, 1.82) is 0 Å². The summed E-state index contributed by atoms with van der Waals surface area (Å²) in [6, 6.07) is 0. The third-order valence-electron chi connectivity index (χ3n) is 8.20. The zero-order chi connectivity index (χ0) is 15.5. The van der Waals surface area contributed by atoms with Gasteiger partial charge in [0.25, 0.3) is 0 Å². The molecule has 0 saturated heterocycles. The average Bonchev–Trinajstić information content (AvgIpc) is 2.76. The highest BCUT2D eigenvalue weighted by Gasteiger charge is 2.58. The van der Waals surface area contributed by atoms with Crippen molar-refractivity contribution in [3.05, 3.63) is 36.0 Å². The Morgan fingerprint density at radius 1 is 1.23 bits per heavy atom. The highest BCUT2D eigenvalue weighted by atomic mass is 14.6. The van der Waals surface area contributed by atoms with Gasteiger partial charge < -0.3 is 0 Å². The zero-order valence-corrected chi connectivity index (χ0v) is 14.8. The zero-order valence-electron chi connectivity index (χ0n) is 14.8. The maximum atomic E-state index is 2.63. The van der Waals surface area contributed by atoms with Crippen molar-refractivity contribution in [2.45, 2.75) is 59.8 Å². The molecule has 0 aromatic rings. The smallest absolute Gasteiger partial charge is 0.0134 e. The molecule has 4 aliphatic rings. The summed E-state index contributed by atoms with van der Waals surface area (Å²) >= 11 is 0. The number of hydrogen-bond acceptors (Lipinski definition) is 0. The fourth-order valence-electron chi connectivity index (χ4n) is 7.13. The summed E-state index contributed by atoms with van der Waals surface area (Å²) in [4.78, 5) is 0. The van der Waals surface area contributed by atoms with E-state index in [0.29, 0.717) is 10.8 Å². The van der Waals surface area contributed by atoms with Crippen LogP contribution >= 0.6 is 0 Å². The van der Waals surface area contributed by atoms with Crippen LogP contribution in [0.25, 0.3) is 0 Å². The molecule has 0 heteroatoms. The Morgan fingerprint density at radius 2 is 2.05 bits per heavy atom. The maximum absolute atomic E-state index is 2.63. The first-order valence-corrected chi connectivity index (χ1v) is 9.57. The number of fused-ring (bicyclic) bond motifs is 5. The minimum atomic E-state index is 0.312. The van der Waals surface area contributed by atoms with Crippen molar-refractivity contribution in [2.24, 2.45) is 40.4 Å². The quantitative estimate of drug-likeness (QED) is 0.508. The molecular weight excluding hydrogens is 264 g/mol. The lowest BCUT2D eigenvalue weighted by Crippen LogP contribution is -2.47. The van der Waals surface area contributed by atoms with E-state index in [2.05, 4.69) is 58.1 Å². The molecule has 0 amide bonds. The molecule has 0 radical (unpaired) electrons. The second kappa shape index (κ2) is 4.86. The molecule has 0 N–H and O–H groups in total. The van der Waals surface area contributed by atoms with E-state index in [4.69, 9.17) is 0 Å². The van der Waals surface area contributed by atoms with Crippen LogP contribution < -0.4 is 0 Å². The van der Waals surface area contributed by atoms with E-state index in [1.54, 1.807) is 5.57 Å². The lowest BCUT2D eigenvalue weighted by Gasteiger charge is -2.55. The van der Waals surface area contributed by atoms with Crippen molar-refractivity contribution >= 4 is 0 Å². The minimum Gasteiger partial charge on any atom is -0.0838 e. The number of hydrogen-bond donors (Lipinski definition) is 0. The van der Waals surface area contributed by atoms with Gasteiger partial charge in [-0.3, -0.25) is 0 Å². The normalized spacial score (nSPS) is 52.7. The molecule has 0 heterocycles. The van der Waals surface area contributed by atoms with Gasteiger partial charge in [0.2, 0.25) is 0 Å². The summed E-state index contributed by atoms with van der Waals surface area (Å²) in [5.74, 6) is 4.41. The molecular formula is C22H32. The van der Waals surface area contributed by atoms with Crippen molar-refractivity contribution < 1.29 is 0 Å². The van der Waals surface area contributed by atoms with E-state index in [1.165, 1.54) is 25.7 Å². The molecule has 0 nitrogen and oxygen atoms in total. The number of allylic oxidation sites excluding steroid dienone is 6. The lowest BCUT2D eigenvalue weighted by atomic mass is 9.49. The summed E-state index contributed by atoms with van der Waals surface area (Å²) in [6.45, 7) is 10.1. The molecule has 22 heavy (non-hydrogen) atoms. The highest BCUT2D eigenvalue weighted by Crippen LogP contribution is 2.66. The topological polar surface area (TPSA) is 0 Å². The van der Waals surface area contributed by atoms with Crippen molar-refractivity contribution in [2.75, 3.05) is 0 Å². The second-order valence-corrected chi connectivity index (χ2v) is 9.00. The third kappa shape index (κ3) is 1.76. The first-order chi connectivity index (χ1) is 10.5. The largest absolute Gasteiger partial charge is 0.0838 e. The molecule has 2 saturated carbocycles. The maximum Gasteiger partial charge on any atom is 0.0134 e. The molecule has 0 spiro atoms. The van der Waals surface area contributed by atoms with Gasteiger partial charge >= 0.3 is 0 Å². The van der Waals surface area contributed by atoms with Crippen LogP contribution in [0.5, 0.6) is 0 Å². The van der Waals surface area contributed by atoms with Gasteiger partial charge in [-0.2, -0.15) is 0 Å². The molecule has 0 aliphatic heterocycles. The Kier molecular flexibility index (Phi) is 3.26. The molecule has 7 atom stereocenters. The predicted octanol–water partition coefficient (Wildman–Crippen LogP) is 6.16. The Morgan fingerprint density at radius 3 is 2.82 bits per heavy atom. The Bertz CT molecular complexity index is 550. The van der Waals surface area contributed by atoms with E-state index in [0.717, 1.165) is 36.0 Å². The molecule has 120 valence electrons. The summed E-state index contributed by atoms with van der Waals surface area (Å²) in [5.41, 5.74) is 2.50. The van der Waals surface area contributed by atoms with E-state index in [9.17, 15) is 0 Å². The molecule has 0 aromatic heterocycles. The molecule has 0 aromatic carbocycles. The van der Waals surface area contributed by atoms with E-state index >= 15 is 0 Å². The van der Waals surface area contributed by atoms with Gasteiger partial charge in [-0.25, -0.2) is 0 Å². The van der Waals surface area contributed by atoms with Crippen LogP contribution in [0.3, 0.4) is 0 Å². The Balaban J connectivity index is 1.74. The van der Waals surface area contributed by atoms with Gasteiger partial charge in [0.15, 0.2) is 0 Å².